The van der Waals surface area contributed by atoms with Gasteiger partial charge in [0.1, 0.15) is 22.2 Å². The van der Waals surface area contributed by atoms with Gasteiger partial charge in [-0.2, -0.15) is 0 Å². The first-order valence-electron chi connectivity index (χ1n) is 9.10. The number of hydrogen-bond acceptors (Lipinski definition) is 5. The van der Waals surface area contributed by atoms with Crippen LogP contribution in [0.3, 0.4) is 0 Å². The van der Waals surface area contributed by atoms with Crippen molar-refractivity contribution in [3.63, 3.8) is 0 Å². The molecule has 0 aliphatic heterocycles. The molecule has 4 nitrogen and oxygen atoms in total. The highest BCUT2D eigenvalue weighted by Gasteiger charge is 2.14. The summed E-state index contributed by atoms with van der Waals surface area (Å²) in [4.78, 5) is 11.9. The Balaban J connectivity index is 1.79. The molecule has 2 heterocycles. The summed E-state index contributed by atoms with van der Waals surface area (Å²) in [6.07, 6.45) is 1.65. The molecule has 4 aromatic rings. The quantitative estimate of drug-likeness (QED) is 0.408. The molecule has 4 rings (SSSR count). The van der Waals surface area contributed by atoms with Crippen molar-refractivity contribution in [1.82, 2.24) is 9.97 Å². The van der Waals surface area contributed by atoms with E-state index in [0.717, 1.165) is 34.0 Å². The SMILES string of the molecule is CCc1cc2c(Nc3cc(Cl)ccc3OC)nc(Cc3ccccc3)nc2s1. The molecule has 6 heteroatoms. The molecule has 0 spiro atoms. The maximum absolute atomic E-state index is 6.20. The van der Waals surface area contributed by atoms with Crippen LogP contribution in [0.5, 0.6) is 5.75 Å². The first kappa shape index (κ1) is 18.7. The number of benzene rings is 2. The van der Waals surface area contributed by atoms with E-state index >= 15 is 0 Å². The third kappa shape index (κ3) is 3.96. The van der Waals surface area contributed by atoms with Crippen LogP contribution in [-0.2, 0) is 12.8 Å². The van der Waals surface area contributed by atoms with Crippen molar-refractivity contribution in [3.8, 4) is 5.75 Å². The molecule has 0 aliphatic carbocycles. The highest BCUT2D eigenvalue weighted by molar-refractivity contribution is 7.18. The standard InChI is InChI=1S/C22H20ClN3OS/c1-3-16-13-17-21(24-18-12-15(23)9-10-19(18)27-2)25-20(26-22(17)28-16)11-14-7-5-4-6-8-14/h4-10,12-13H,3,11H2,1-2H3,(H,24,25,26). The lowest BCUT2D eigenvalue weighted by Gasteiger charge is -2.12. The second-order valence-corrected chi connectivity index (χ2v) is 7.96. The fourth-order valence-corrected chi connectivity index (χ4v) is 4.21. The largest absolute Gasteiger partial charge is 0.495 e. The first-order chi connectivity index (χ1) is 13.7. The highest BCUT2D eigenvalue weighted by Crippen LogP contribution is 2.35. The van der Waals surface area contributed by atoms with Gasteiger partial charge in [0.25, 0.3) is 0 Å². The molecule has 142 valence electrons. The van der Waals surface area contributed by atoms with Crippen molar-refractivity contribution in [2.24, 2.45) is 0 Å². The lowest BCUT2D eigenvalue weighted by atomic mass is 10.1. The van der Waals surface area contributed by atoms with E-state index in [1.807, 2.05) is 36.4 Å². The zero-order chi connectivity index (χ0) is 19.5. The van der Waals surface area contributed by atoms with Crippen LogP contribution in [0.2, 0.25) is 5.02 Å². The van der Waals surface area contributed by atoms with Crippen LogP contribution in [-0.4, -0.2) is 17.1 Å². The molecule has 0 radical (unpaired) electrons. The van der Waals surface area contributed by atoms with E-state index in [-0.39, 0.29) is 0 Å². The van der Waals surface area contributed by atoms with Gasteiger partial charge in [-0.05, 0) is 36.2 Å². The van der Waals surface area contributed by atoms with E-state index in [1.54, 1.807) is 18.4 Å². The average molecular weight is 410 g/mol. The van der Waals surface area contributed by atoms with Gasteiger partial charge in [-0.15, -0.1) is 11.3 Å². The minimum absolute atomic E-state index is 0.637. The van der Waals surface area contributed by atoms with Crippen molar-refractivity contribution < 1.29 is 4.74 Å². The smallest absolute Gasteiger partial charge is 0.143 e. The summed E-state index contributed by atoms with van der Waals surface area (Å²) < 4.78 is 5.47. The summed E-state index contributed by atoms with van der Waals surface area (Å²) in [5.74, 6) is 2.27. The topological polar surface area (TPSA) is 47.0 Å². The lowest BCUT2D eigenvalue weighted by Crippen LogP contribution is -2.02. The Morgan fingerprint density at radius 2 is 1.89 bits per heavy atom. The summed E-state index contributed by atoms with van der Waals surface area (Å²) in [5.41, 5.74) is 1.96. The number of hydrogen-bond donors (Lipinski definition) is 1. The second-order valence-electron chi connectivity index (χ2n) is 6.41. The Kier molecular flexibility index (Phi) is 5.46. The van der Waals surface area contributed by atoms with Crippen molar-refractivity contribution >= 4 is 44.7 Å². The minimum Gasteiger partial charge on any atom is -0.495 e. The number of nitrogens with one attached hydrogen (secondary N) is 1. The number of aryl methyl sites for hydroxylation is 1. The van der Waals surface area contributed by atoms with Gasteiger partial charge in [0.15, 0.2) is 0 Å². The number of anilines is 2. The highest BCUT2D eigenvalue weighted by atomic mass is 35.5. The molecule has 0 amide bonds. The number of halogens is 1. The number of thiophene rings is 1. The van der Waals surface area contributed by atoms with E-state index in [2.05, 4.69) is 30.4 Å². The van der Waals surface area contributed by atoms with E-state index in [9.17, 15) is 0 Å². The van der Waals surface area contributed by atoms with Crippen molar-refractivity contribution in [3.05, 3.63) is 75.9 Å². The summed E-state index contributed by atoms with van der Waals surface area (Å²) in [7, 11) is 1.64. The van der Waals surface area contributed by atoms with Crippen LogP contribution < -0.4 is 10.1 Å². The van der Waals surface area contributed by atoms with E-state index in [0.29, 0.717) is 17.2 Å². The zero-order valence-corrected chi connectivity index (χ0v) is 17.3. The van der Waals surface area contributed by atoms with Crippen molar-refractivity contribution in [2.45, 2.75) is 19.8 Å². The molecule has 2 aromatic carbocycles. The molecule has 0 bridgehead atoms. The summed E-state index contributed by atoms with van der Waals surface area (Å²) in [6, 6.07) is 17.9. The third-order valence-corrected chi connectivity index (χ3v) is 5.87. The average Bonchev–Trinajstić information content (AvgIpc) is 3.12. The monoisotopic (exact) mass is 409 g/mol. The van der Waals surface area contributed by atoms with Gasteiger partial charge >= 0.3 is 0 Å². The molecule has 0 fully saturated rings. The Morgan fingerprint density at radius 1 is 1.07 bits per heavy atom. The van der Waals surface area contributed by atoms with Crippen LogP contribution in [0.25, 0.3) is 10.2 Å². The number of nitrogens with zero attached hydrogens (tertiary/aromatic N) is 2. The Morgan fingerprint density at radius 3 is 2.64 bits per heavy atom. The molecular formula is C22H20ClN3OS. The fraction of sp³-hybridized carbons (Fsp3) is 0.182. The number of aromatic nitrogens is 2. The predicted molar refractivity (Wildman–Crippen MR) is 117 cm³/mol. The number of ether oxygens (including phenoxy) is 1. The van der Waals surface area contributed by atoms with Crippen LogP contribution in [0.4, 0.5) is 11.5 Å². The van der Waals surface area contributed by atoms with Gasteiger partial charge in [-0.1, -0.05) is 48.9 Å². The predicted octanol–water partition coefficient (Wildman–Crippen LogP) is 6.25. The number of fused-ring (bicyclic) bond motifs is 1. The van der Waals surface area contributed by atoms with Gasteiger partial charge in [0.05, 0.1) is 18.2 Å². The molecule has 0 atom stereocenters. The van der Waals surface area contributed by atoms with E-state index in [4.69, 9.17) is 26.3 Å². The Bertz CT molecular complexity index is 1110. The summed E-state index contributed by atoms with van der Waals surface area (Å²) in [6.45, 7) is 2.15. The molecule has 1 N–H and O–H groups in total. The van der Waals surface area contributed by atoms with Crippen molar-refractivity contribution in [2.75, 3.05) is 12.4 Å². The first-order valence-corrected chi connectivity index (χ1v) is 10.3. The third-order valence-electron chi connectivity index (χ3n) is 4.46. The van der Waals surface area contributed by atoms with Gasteiger partial charge in [0, 0.05) is 16.3 Å². The van der Waals surface area contributed by atoms with Crippen LogP contribution in [0.1, 0.15) is 23.2 Å². The number of rotatable bonds is 6. The van der Waals surface area contributed by atoms with E-state index < -0.39 is 0 Å². The number of methoxy groups -OCH3 is 1. The lowest BCUT2D eigenvalue weighted by molar-refractivity contribution is 0.417. The summed E-state index contributed by atoms with van der Waals surface area (Å²) in [5, 5.41) is 5.07. The maximum Gasteiger partial charge on any atom is 0.143 e. The van der Waals surface area contributed by atoms with Gasteiger partial charge in [-0.3, -0.25) is 0 Å². The van der Waals surface area contributed by atoms with Crippen LogP contribution >= 0.6 is 22.9 Å². The molecule has 2 aromatic heterocycles. The molecular weight excluding hydrogens is 390 g/mol. The molecule has 0 saturated carbocycles. The second kappa shape index (κ2) is 8.17. The molecule has 0 unspecified atom stereocenters. The van der Waals surface area contributed by atoms with Crippen molar-refractivity contribution in [1.29, 1.82) is 0 Å². The van der Waals surface area contributed by atoms with Crippen LogP contribution in [0, 0.1) is 0 Å². The van der Waals surface area contributed by atoms with Gasteiger partial charge in [0.2, 0.25) is 0 Å². The van der Waals surface area contributed by atoms with Gasteiger partial charge < -0.3 is 10.1 Å². The fourth-order valence-electron chi connectivity index (χ4n) is 3.05. The Labute approximate surface area is 173 Å². The van der Waals surface area contributed by atoms with Crippen LogP contribution in [0.15, 0.2) is 54.6 Å². The molecule has 0 saturated heterocycles. The Hall–Kier alpha value is -2.63. The molecule has 28 heavy (non-hydrogen) atoms. The van der Waals surface area contributed by atoms with E-state index in [1.165, 1.54) is 10.4 Å². The zero-order valence-electron chi connectivity index (χ0n) is 15.7. The van der Waals surface area contributed by atoms with Gasteiger partial charge in [-0.25, -0.2) is 9.97 Å². The normalized spacial score (nSPS) is 11.0. The summed E-state index contributed by atoms with van der Waals surface area (Å²) >= 11 is 7.91. The minimum atomic E-state index is 0.637. The molecule has 0 aliphatic rings. The maximum atomic E-state index is 6.20.